The number of ketones is 1. The summed E-state index contributed by atoms with van der Waals surface area (Å²) >= 11 is 0. The van der Waals surface area contributed by atoms with Crippen molar-refractivity contribution in [3.63, 3.8) is 0 Å². The topological polar surface area (TPSA) is 85.3 Å². The summed E-state index contributed by atoms with van der Waals surface area (Å²) in [6, 6.07) is 0.349. The Morgan fingerprint density at radius 3 is 2.54 bits per heavy atom. The van der Waals surface area contributed by atoms with Crippen LogP contribution in [0.5, 0.6) is 0 Å². The first-order valence-electron chi connectivity index (χ1n) is 16.1. The fraction of sp³-hybridized carbons (Fsp3) is 0.765. The van der Waals surface area contributed by atoms with Crippen LogP contribution in [0.25, 0.3) is 0 Å². The molecule has 0 aromatic rings. The predicted octanol–water partition coefficient (Wildman–Crippen LogP) is 5.23. The van der Waals surface area contributed by atoms with Gasteiger partial charge in [-0.05, 0) is 108 Å². The number of likely N-dealkylation sites (N-methyl/N-ethyl adjacent to an activating group) is 1. The molecule has 7 nitrogen and oxygen atoms in total. The number of carbonyl (C=O) groups excluding carboxylic acids is 2. The number of cyclic esters (lactones) is 1. The number of ether oxygens (including phenoxy) is 3. The molecule has 5 aliphatic rings. The van der Waals surface area contributed by atoms with Crippen LogP contribution in [0.3, 0.4) is 0 Å². The van der Waals surface area contributed by atoms with Gasteiger partial charge in [-0.3, -0.25) is 9.59 Å². The number of allylic oxidation sites excluding steroid dienone is 4. The number of aliphatic hydroxyl groups excluding tert-OH is 1. The highest BCUT2D eigenvalue weighted by Crippen LogP contribution is 2.53. The molecule has 0 spiro atoms. The lowest BCUT2D eigenvalue weighted by molar-refractivity contribution is -0.231. The van der Waals surface area contributed by atoms with E-state index in [0.29, 0.717) is 36.6 Å². The molecular weight excluding hydrogens is 518 g/mol. The van der Waals surface area contributed by atoms with Crippen LogP contribution in [-0.2, 0) is 23.8 Å². The molecule has 41 heavy (non-hydrogen) atoms. The highest BCUT2D eigenvalue weighted by molar-refractivity contribution is 5.99. The molecule has 2 aliphatic heterocycles. The molecule has 1 saturated carbocycles. The first kappa shape index (κ1) is 30.7. The summed E-state index contributed by atoms with van der Waals surface area (Å²) in [5.74, 6) is 0.939. The predicted molar refractivity (Wildman–Crippen MR) is 158 cm³/mol. The summed E-state index contributed by atoms with van der Waals surface area (Å²) in [7, 11) is 4.17. The Morgan fingerprint density at radius 2 is 1.80 bits per heavy atom. The van der Waals surface area contributed by atoms with Crippen LogP contribution in [0.4, 0.5) is 0 Å². The minimum Gasteiger partial charge on any atom is -0.458 e. The quantitative estimate of drug-likeness (QED) is 0.359. The number of hydrogen-bond acceptors (Lipinski definition) is 7. The van der Waals surface area contributed by atoms with E-state index in [1.165, 1.54) is 19.3 Å². The number of fused-ring (bicyclic) bond motifs is 5. The molecule has 0 bridgehead atoms. The van der Waals surface area contributed by atoms with E-state index in [4.69, 9.17) is 14.2 Å². The fourth-order valence-electron chi connectivity index (χ4n) is 8.28. The molecule has 2 saturated heterocycles. The zero-order valence-corrected chi connectivity index (χ0v) is 25.6. The van der Waals surface area contributed by atoms with Gasteiger partial charge in [-0.1, -0.05) is 37.6 Å². The molecule has 0 aromatic heterocycles. The van der Waals surface area contributed by atoms with Crippen molar-refractivity contribution in [1.29, 1.82) is 0 Å². The van der Waals surface area contributed by atoms with Gasteiger partial charge in [0.05, 0.1) is 24.7 Å². The maximum absolute atomic E-state index is 14.3. The van der Waals surface area contributed by atoms with Crippen molar-refractivity contribution < 1.29 is 28.9 Å². The third-order valence-corrected chi connectivity index (χ3v) is 10.5. The molecule has 12 atom stereocenters. The Hall–Kier alpha value is -1.80. The van der Waals surface area contributed by atoms with E-state index in [1.807, 2.05) is 13.0 Å². The van der Waals surface area contributed by atoms with Crippen molar-refractivity contribution in [2.75, 3.05) is 14.1 Å². The second-order valence-corrected chi connectivity index (χ2v) is 13.5. The van der Waals surface area contributed by atoms with Crippen LogP contribution < -0.4 is 0 Å². The van der Waals surface area contributed by atoms with Crippen molar-refractivity contribution in [3.05, 3.63) is 36.0 Å². The maximum atomic E-state index is 14.3. The second-order valence-electron chi connectivity index (χ2n) is 13.5. The maximum Gasteiger partial charge on any atom is 0.307 e. The van der Waals surface area contributed by atoms with E-state index >= 15 is 0 Å². The number of nitrogens with zero attached hydrogens (tertiary/aromatic N) is 1. The van der Waals surface area contributed by atoms with Gasteiger partial charge in [0.25, 0.3) is 0 Å². The zero-order chi connectivity index (χ0) is 29.3. The molecule has 9 unspecified atom stereocenters. The molecular formula is C34H51NO6. The van der Waals surface area contributed by atoms with Crippen LogP contribution in [0.15, 0.2) is 36.0 Å². The second kappa shape index (κ2) is 13.2. The Bertz CT molecular complexity index is 1030. The van der Waals surface area contributed by atoms with Gasteiger partial charge in [-0.25, -0.2) is 0 Å². The standard InChI is InChI=1S/C34H51NO6/c1-20(36)12-14-24-9-7-11-31(41-33-17-16-30(35(4)5)22(3)39-33)21(2)34(38)29-18-27-25-10-6-8-23(25)13-15-26(27)28(29)19-32(37)40-24/h12-15,18,20-28,30-31,33,36H,6-11,16-17,19H2,1-5H3/b14-12+/t20?,21?,22-,23?,24-,25?,26?,27?,28?,30+,31?,33?/m1/s1. The summed E-state index contributed by atoms with van der Waals surface area (Å²) in [6.45, 7) is 5.80. The normalized spacial score (nSPS) is 42.6. The average molecular weight is 570 g/mol. The third kappa shape index (κ3) is 6.90. The van der Waals surface area contributed by atoms with Gasteiger partial charge in [0.1, 0.15) is 6.10 Å². The van der Waals surface area contributed by atoms with Crippen LogP contribution >= 0.6 is 0 Å². The van der Waals surface area contributed by atoms with Crippen molar-refractivity contribution in [1.82, 2.24) is 4.90 Å². The first-order valence-corrected chi connectivity index (χ1v) is 16.1. The number of Topliss-reactive ketones (excluding diaryl/α,β-unsaturated/α-hetero) is 1. The molecule has 1 N–H and O–H groups in total. The number of esters is 1. The molecule has 0 aromatic carbocycles. The molecule has 3 fully saturated rings. The summed E-state index contributed by atoms with van der Waals surface area (Å²) in [5, 5.41) is 9.83. The fourth-order valence-corrected chi connectivity index (χ4v) is 8.28. The number of hydrogen-bond donors (Lipinski definition) is 1. The third-order valence-electron chi connectivity index (χ3n) is 10.5. The largest absolute Gasteiger partial charge is 0.458 e. The van der Waals surface area contributed by atoms with Gasteiger partial charge in [0, 0.05) is 17.9 Å². The van der Waals surface area contributed by atoms with E-state index in [0.717, 1.165) is 24.8 Å². The molecule has 0 radical (unpaired) electrons. The lowest BCUT2D eigenvalue weighted by Gasteiger charge is -2.40. The van der Waals surface area contributed by atoms with Gasteiger partial charge in [0.2, 0.25) is 0 Å². The number of rotatable bonds is 5. The van der Waals surface area contributed by atoms with Crippen LogP contribution in [0, 0.1) is 35.5 Å². The van der Waals surface area contributed by atoms with Crippen LogP contribution in [0.1, 0.15) is 78.6 Å². The van der Waals surface area contributed by atoms with Gasteiger partial charge >= 0.3 is 5.97 Å². The van der Waals surface area contributed by atoms with Crippen molar-refractivity contribution in [2.45, 2.75) is 115 Å². The minimum absolute atomic E-state index is 0.0478. The summed E-state index contributed by atoms with van der Waals surface area (Å²) < 4.78 is 18.9. The Labute approximate surface area is 246 Å². The molecule has 7 heteroatoms. The minimum atomic E-state index is -0.614. The monoisotopic (exact) mass is 569 g/mol. The first-order chi connectivity index (χ1) is 19.6. The van der Waals surface area contributed by atoms with Crippen molar-refractivity contribution in [2.24, 2.45) is 35.5 Å². The zero-order valence-electron chi connectivity index (χ0n) is 25.6. The molecule has 0 amide bonds. The molecule has 2 heterocycles. The Kier molecular flexibility index (Phi) is 9.89. The van der Waals surface area contributed by atoms with Gasteiger partial charge in [-0.15, -0.1) is 0 Å². The van der Waals surface area contributed by atoms with E-state index in [9.17, 15) is 14.7 Å². The summed E-state index contributed by atoms with van der Waals surface area (Å²) in [6.07, 6.45) is 16.4. The van der Waals surface area contributed by atoms with E-state index in [-0.39, 0.29) is 54.4 Å². The van der Waals surface area contributed by atoms with Gasteiger partial charge in [-0.2, -0.15) is 0 Å². The molecule has 3 aliphatic carbocycles. The van der Waals surface area contributed by atoms with Crippen molar-refractivity contribution >= 4 is 11.8 Å². The van der Waals surface area contributed by atoms with E-state index in [1.54, 1.807) is 13.0 Å². The Balaban J connectivity index is 1.40. The van der Waals surface area contributed by atoms with E-state index in [2.05, 4.69) is 44.1 Å². The van der Waals surface area contributed by atoms with E-state index < -0.39 is 12.2 Å². The summed E-state index contributed by atoms with van der Waals surface area (Å²) in [5.41, 5.74) is 0.803. The summed E-state index contributed by atoms with van der Waals surface area (Å²) in [4.78, 5) is 29.8. The highest BCUT2D eigenvalue weighted by Gasteiger charge is 2.48. The molecule has 228 valence electrons. The molecule has 5 rings (SSSR count). The average Bonchev–Trinajstić information content (AvgIpc) is 3.54. The number of aliphatic hydroxyl groups is 1. The Morgan fingerprint density at radius 1 is 1.02 bits per heavy atom. The SMILES string of the molecule is CC(O)/C=C/[C@H]1CCCC(OC2CC[C@H](N(C)C)[C@@H](C)O2)C(C)C(=O)C2=CC3C(C=CC4CCCC43)C2CC(=O)O1. The lowest BCUT2D eigenvalue weighted by Crippen LogP contribution is -2.47. The number of carbonyl (C=O) groups is 2. The lowest BCUT2D eigenvalue weighted by atomic mass is 9.70. The van der Waals surface area contributed by atoms with Gasteiger partial charge in [0.15, 0.2) is 12.1 Å². The van der Waals surface area contributed by atoms with Crippen LogP contribution in [0.2, 0.25) is 0 Å². The smallest absolute Gasteiger partial charge is 0.307 e. The highest BCUT2D eigenvalue weighted by atomic mass is 16.7. The van der Waals surface area contributed by atoms with Gasteiger partial charge < -0.3 is 24.2 Å². The van der Waals surface area contributed by atoms with Crippen molar-refractivity contribution in [3.8, 4) is 0 Å². The van der Waals surface area contributed by atoms with Crippen LogP contribution in [-0.4, -0.2) is 72.6 Å².